The van der Waals surface area contributed by atoms with Gasteiger partial charge in [0.15, 0.2) is 0 Å². The Morgan fingerprint density at radius 2 is 1.76 bits per heavy atom. The Morgan fingerprint density at radius 1 is 1.00 bits per heavy atom. The van der Waals surface area contributed by atoms with Crippen molar-refractivity contribution < 1.29 is 10.2 Å². The molecule has 0 amide bonds. The molecule has 0 spiro atoms. The number of aliphatic hydroxyl groups is 2. The molecule has 0 radical (unpaired) electrons. The van der Waals surface area contributed by atoms with Crippen molar-refractivity contribution in [3.63, 3.8) is 0 Å². The van der Waals surface area contributed by atoms with Gasteiger partial charge in [-0.05, 0) is 74.5 Å². The lowest BCUT2D eigenvalue weighted by molar-refractivity contribution is 0.00247. The monoisotopic (exact) mass is 238 g/mol. The van der Waals surface area contributed by atoms with Crippen LogP contribution in [0.25, 0.3) is 0 Å². The molecule has 0 heterocycles. The SMILES string of the molecule is OCC1(CC2CC3CCC2C3)CCC(O)CC1. The van der Waals surface area contributed by atoms with Crippen molar-refractivity contribution in [1.82, 2.24) is 0 Å². The van der Waals surface area contributed by atoms with Gasteiger partial charge in [-0.25, -0.2) is 0 Å². The Kier molecular flexibility index (Phi) is 3.20. The van der Waals surface area contributed by atoms with E-state index in [0.29, 0.717) is 6.61 Å². The molecule has 0 aromatic heterocycles. The van der Waals surface area contributed by atoms with Gasteiger partial charge < -0.3 is 10.2 Å². The van der Waals surface area contributed by atoms with Gasteiger partial charge >= 0.3 is 0 Å². The van der Waals surface area contributed by atoms with Crippen molar-refractivity contribution in [1.29, 1.82) is 0 Å². The third-order valence-electron chi connectivity index (χ3n) is 5.93. The van der Waals surface area contributed by atoms with Crippen LogP contribution >= 0.6 is 0 Å². The van der Waals surface area contributed by atoms with E-state index in [1.54, 1.807) is 0 Å². The average Bonchev–Trinajstić information content (AvgIpc) is 2.94. The van der Waals surface area contributed by atoms with E-state index < -0.39 is 0 Å². The molecule has 0 aliphatic heterocycles. The summed E-state index contributed by atoms with van der Waals surface area (Å²) in [5, 5.41) is 19.4. The second-order valence-electron chi connectivity index (χ2n) is 7.03. The summed E-state index contributed by atoms with van der Waals surface area (Å²) in [6.45, 7) is 0.341. The minimum atomic E-state index is -0.102. The van der Waals surface area contributed by atoms with Crippen LogP contribution in [0, 0.1) is 23.2 Å². The largest absolute Gasteiger partial charge is 0.396 e. The normalized spacial score (nSPS) is 49.8. The zero-order chi connectivity index (χ0) is 11.9. The van der Waals surface area contributed by atoms with Gasteiger partial charge in [0.25, 0.3) is 0 Å². The summed E-state index contributed by atoms with van der Waals surface area (Å²) >= 11 is 0. The molecule has 3 unspecified atom stereocenters. The van der Waals surface area contributed by atoms with Crippen LogP contribution in [0.2, 0.25) is 0 Å². The maximum atomic E-state index is 9.78. The molecule has 0 saturated heterocycles. The predicted molar refractivity (Wildman–Crippen MR) is 67.5 cm³/mol. The van der Waals surface area contributed by atoms with Crippen LogP contribution in [0.15, 0.2) is 0 Å². The molecule has 3 rings (SSSR count). The van der Waals surface area contributed by atoms with Crippen LogP contribution in [0.3, 0.4) is 0 Å². The number of rotatable bonds is 3. The van der Waals surface area contributed by atoms with Gasteiger partial charge in [0.05, 0.1) is 6.10 Å². The third-order valence-corrected chi connectivity index (χ3v) is 5.93. The van der Waals surface area contributed by atoms with Gasteiger partial charge in [-0.2, -0.15) is 0 Å². The summed E-state index contributed by atoms with van der Waals surface area (Å²) in [7, 11) is 0. The van der Waals surface area contributed by atoms with Gasteiger partial charge in [0.2, 0.25) is 0 Å². The van der Waals surface area contributed by atoms with Gasteiger partial charge in [-0.1, -0.05) is 6.42 Å². The summed E-state index contributed by atoms with van der Waals surface area (Å²) in [4.78, 5) is 0. The molecule has 3 aliphatic carbocycles. The number of hydrogen-bond acceptors (Lipinski definition) is 2. The zero-order valence-corrected chi connectivity index (χ0v) is 10.8. The van der Waals surface area contributed by atoms with E-state index in [2.05, 4.69) is 0 Å². The van der Waals surface area contributed by atoms with E-state index in [9.17, 15) is 10.2 Å². The molecule has 17 heavy (non-hydrogen) atoms. The lowest BCUT2D eigenvalue weighted by atomic mass is 9.66. The fraction of sp³-hybridized carbons (Fsp3) is 1.00. The topological polar surface area (TPSA) is 40.5 Å². The Bertz CT molecular complexity index is 268. The minimum Gasteiger partial charge on any atom is -0.396 e. The van der Waals surface area contributed by atoms with E-state index in [1.165, 1.54) is 32.1 Å². The fourth-order valence-electron chi connectivity index (χ4n) is 4.82. The Morgan fingerprint density at radius 3 is 2.29 bits per heavy atom. The lowest BCUT2D eigenvalue weighted by Crippen LogP contribution is -2.35. The molecule has 3 fully saturated rings. The second-order valence-corrected chi connectivity index (χ2v) is 7.03. The Labute approximate surface area is 104 Å². The first-order valence-electron chi connectivity index (χ1n) is 7.50. The smallest absolute Gasteiger partial charge is 0.0540 e. The molecule has 3 atom stereocenters. The highest BCUT2D eigenvalue weighted by Gasteiger charge is 2.44. The standard InChI is InChI=1S/C15H26O2/c16-10-15(5-3-14(17)4-6-15)9-13-8-11-1-2-12(13)7-11/h11-14,16-17H,1-10H2. The van der Waals surface area contributed by atoms with Crippen molar-refractivity contribution in [2.45, 2.75) is 63.9 Å². The Hall–Kier alpha value is -0.0800. The van der Waals surface area contributed by atoms with E-state index in [0.717, 1.165) is 43.4 Å². The predicted octanol–water partition coefficient (Wildman–Crippen LogP) is 2.73. The van der Waals surface area contributed by atoms with E-state index >= 15 is 0 Å². The number of hydrogen-bond donors (Lipinski definition) is 2. The van der Waals surface area contributed by atoms with Crippen LogP contribution in [-0.2, 0) is 0 Å². The van der Waals surface area contributed by atoms with Crippen LogP contribution in [0.1, 0.15) is 57.8 Å². The molecule has 3 saturated carbocycles. The maximum Gasteiger partial charge on any atom is 0.0540 e. The quantitative estimate of drug-likeness (QED) is 0.793. The first kappa shape index (κ1) is 12.0. The lowest BCUT2D eigenvalue weighted by Gasteiger charge is -2.41. The van der Waals surface area contributed by atoms with Crippen LogP contribution in [0.5, 0.6) is 0 Å². The first-order valence-corrected chi connectivity index (χ1v) is 7.50. The molecule has 0 aromatic carbocycles. The molecule has 3 aliphatic rings. The number of aliphatic hydroxyl groups excluding tert-OH is 2. The molecule has 0 aromatic rings. The van der Waals surface area contributed by atoms with Gasteiger partial charge in [-0.3, -0.25) is 0 Å². The molecule has 98 valence electrons. The van der Waals surface area contributed by atoms with E-state index in [4.69, 9.17) is 0 Å². The minimum absolute atomic E-state index is 0.102. The van der Waals surface area contributed by atoms with Crippen molar-refractivity contribution in [2.75, 3.05) is 6.61 Å². The van der Waals surface area contributed by atoms with Crippen LogP contribution in [0.4, 0.5) is 0 Å². The summed E-state index contributed by atoms with van der Waals surface area (Å²) < 4.78 is 0. The highest BCUT2D eigenvalue weighted by Crippen LogP contribution is 2.54. The summed E-state index contributed by atoms with van der Waals surface area (Å²) in [5.41, 5.74) is 0.161. The van der Waals surface area contributed by atoms with Gasteiger partial charge in [0.1, 0.15) is 0 Å². The molecule has 2 N–H and O–H groups in total. The molecular formula is C15H26O2. The van der Waals surface area contributed by atoms with E-state index in [1.807, 2.05) is 0 Å². The highest BCUT2D eigenvalue weighted by atomic mass is 16.3. The average molecular weight is 238 g/mol. The van der Waals surface area contributed by atoms with E-state index in [-0.39, 0.29) is 11.5 Å². The highest BCUT2D eigenvalue weighted by molar-refractivity contribution is 4.95. The van der Waals surface area contributed by atoms with Crippen LogP contribution in [-0.4, -0.2) is 22.9 Å². The summed E-state index contributed by atoms with van der Waals surface area (Å²) in [6.07, 6.45) is 10.8. The fourth-order valence-corrected chi connectivity index (χ4v) is 4.82. The Balaban J connectivity index is 1.62. The molecular weight excluding hydrogens is 212 g/mol. The molecule has 2 nitrogen and oxygen atoms in total. The molecule has 2 heteroatoms. The van der Waals surface area contributed by atoms with Gasteiger partial charge in [0, 0.05) is 6.61 Å². The molecule has 2 bridgehead atoms. The van der Waals surface area contributed by atoms with Gasteiger partial charge in [-0.15, -0.1) is 0 Å². The van der Waals surface area contributed by atoms with Crippen LogP contribution < -0.4 is 0 Å². The van der Waals surface area contributed by atoms with Crippen molar-refractivity contribution in [3.8, 4) is 0 Å². The summed E-state index contributed by atoms with van der Waals surface area (Å²) in [5.74, 6) is 2.86. The second kappa shape index (κ2) is 4.55. The third kappa shape index (κ3) is 2.26. The number of fused-ring (bicyclic) bond motifs is 2. The zero-order valence-electron chi connectivity index (χ0n) is 10.8. The maximum absolute atomic E-state index is 9.78. The van der Waals surface area contributed by atoms with Crippen molar-refractivity contribution >= 4 is 0 Å². The van der Waals surface area contributed by atoms with Crippen molar-refractivity contribution in [3.05, 3.63) is 0 Å². The summed E-state index contributed by atoms with van der Waals surface area (Å²) in [6, 6.07) is 0. The first-order chi connectivity index (χ1) is 8.21. The van der Waals surface area contributed by atoms with Crippen molar-refractivity contribution in [2.24, 2.45) is 23.2 Å².